The van der Waals surface area contributed by atoms with Gasteiger partial charge in [0.05, 0.1) is 16.8 Å². The van der Waals surface area contributed by atoms with E-state index in [-0.39, 0.29) is 5.84 Å². The zero-order valence-corrected chi connectivity index (χ0v) is 13.2. The molecule has 0 radical (unpaired) electrons. The van der Waals surface area contributed by atoms with Crippen molar-refractivity contribution in [2.45, 2.75) is 25.1 Å². The Hall–Kier alpha value is -1.75. The minimum absolute atomic E-state index is 0.0846. The normalized spacial score (nSPS) is 22.5. The van der Waals surface area contributed by atoms with Crippen LogP contribution in [0.25, 0.3) is 10.9 Å². The first-order valence-electron chi connectivity index (χ1n) is 7.20. The molecule has 1 aromatic carbocycles. The third-order valence-corrected chi connectivity index (χ3v) is 5.55. The van der Waals surface area contributed by atoms with Crippen LogP contribution in [-0.2, 0) is 0 Å². The fourth-order valence-corrected chi connectivity index (χ4v) is 3.98. The molecule has 3 rings (SSSR count). The van der Waals surface area contributed by atoms with E-state index in [1.807, 2.05) is 30.0 Å². The van der Waals surface area contributed by atoms with Crippen LogP contribution in [0, 0.1) is 5.41 Å². The standard InChI is InChI=1S/C16H20N4S/c1-10-11(2)21-8-7-20(10)15-12-5-3-4-6-14(12)19-9-13(15)16(17)18/h3-6,9-11H,7-8H2,1-2H3,(H3,17,18). The number of nitrogens with one attached hydrogen (secondary N) is 1. The second-order valence-electron chi connectivity index (χ2n) is 5.46. The quantitative estimate of drug-likeness (QED) is 0.661. The van der Waals surface area contributed by atoms with Crippen molar-refractivity contribution in [1.29, 1.82) is 5.41 Å². The largest absolute Gasteiger partial charge is 0.384 e. The van der Waals surface area contributed by atoms with Crippen LogP contribution < -0.4 is 10.6 Å². The molecule has 0 spiro atoms. The predicted molar refractivity (Wildman–Crippen MR) is 91.5 cm³/mol. The number of aromatic nitrogens is 1. The highest BCUT2D eigenvalue weighted by Crippen LogP contribution is 2.35. The van der Waals surface area contributed by atoms with E-state index < -0.39 is 0 Å². The van der Waals surface area contributed by atoms with Crippen molar-refractivity contribution < 1.29 is 0 Å². The zero-order chi connectivity index (χ0) is 15.0. The van der Waals surface area contributed by atoms with E-state index in [9.17, 15) is 0 Å². The van der Waals surface area contributed by atoms with E-state index in [1.54, 1.807) is 6.20 Å². The Morgan fingerprint density at radius 3 is 2.90 bits per heavy atom. The number of amidine groups is 1. The monoisotopic (exact) mass is 300 g/mol. The Balaban J connectivity index is 2.23. The van der Waals surface area contributed by atoms with Gasteiger partial charge in [0.2, 0.25) is 0 Å². The van der Waals surface area contributed by atoms with Crippen molar-refractivity contribution in [2.24, 2.45) is 5.73 Å². The number of nitrogens with zero attached hydrogens (tertiary/aromatic N) is 2. The lowest BCUT2D eigenvalue weighted by atomic mass is 10.0. The summed E-state index contributed by atoms with van der Waals surface area (Å²) in [5.41, 5.74) is 8.56. The molecule has 2 aromatic rings. The van der Waals surface area contributed by atoms with Gasteiger partial charge in [0.1, 0.15) is 5.84 Å². The molecular weight excluding hydrogens is 280 g/mol. The van der Waals surface area contributed by atoms with Gasteiger partial charge in [0.25, 0.3) is 0 Å². The predicted octanol–water partition coefficient (Wildman–Crippen LogP) is 2.85. The Kier molecular flexibility index (Phi) is 3.76. The van der Waals surface area contributed by atoms with E-state index in [2.05, 4.69) is 29.8 Å². The minimum atomic E-state index is 0.0846. The van der Waals surface area contributed by atoms with Gasteiger partial charge in [0.15, 0.2) is 0 Å². The summed E-state index contributed by atoms with van der Waals surface area (Å²) in [4.78, 5) is 6.84. The summed E-state index contributed by atoms with van der Waals surface area (Å²) in [5, 5.41) is 9.53. The highest BCUT2D eigenvalue weighted by atomic mass is 32.2. The van der Waals surface area contributed by atoms with Gasteiger partial charge in [-0.2, -0.15) is 11.8 Å². The summed E-state index contributed by atoms with van der Waals surface area (Å²) in [6.45, 7) is 5.48. The Morgan fingerprint density at radius 2 is 2.14 bits per heavy atom. The number of nitrogen functional groups attached to an aromatic ring is 1. The first-order chi connectivity index (χ1) is 10.1. The number of pyridine rings is 1. The number of fused-ring (bicyclic) bond motifs is 1. The molecule has 5 heteroatoms. The molecule has 2 atom stereocenters. The fourth-order valence-electron chi connectivity index (χ4n) is 2.88. The molecule has 110 valence electrons. The lowest BCUT2D eigenvalue weighted by molar-refractivity contribution is 0.628. The lowest BCUT2D eigenvalue weighted by Gasteiger charge is -2.40. The maximum absolute atomic E-state index is 7.89. The number of thioether (sulfide) groups is 1. The highest BCUT2D eigenvalue weighted by Gasteiger charge is 2.28. The zero-order valence-electron chi connectivity index (χ0n) is 12.3. The van der Waals surface area contributed by atoms with Gasteiger partial charge >= 0.3 is 0 Å². The van der Waals surface area contributed by atoms with Crippen LogP contribution in [0.15, 0.2) is 30.5 Å². The molecule has 1 aliphatic heterocycles. The second kappa shape index (κ2) is 5.56. The molecule has 1 aliphatic rings. The summed E-state index contributed by atoms with van der Waals surface area (Å²) in [6, 6.07) is 8.50. The summed E-state index contributed by atoms with van der Waals surface area (Å²) < 4.78 is 0. The van der Waals surface area contributed by atoms with Gasteiger partial charge in [-0.3, -0.25) is 10.4 Å². The number of hydrogen-bond donors (Lipinski definition) is 2. The summed E-state index contributed by atoms with van der Waals surface area (Å²) >= 11 is 2.00. The Labute approximate surface area is 129 Å². The van der Waals surface area contributed by atoms with E-state index >= 15 is 0 Å². The van der Waals surface area contributed by atoms with Crippen molar-refractivity contribution in [3.63, 3.8) is 0 Å². The van der Waals surface area contributed by atoms with Crippen molar-refractivity contribution in [1.82, 2.24) is 4.98 Å². The van der Waals surface area contributed by atoms with Gasteiger partial charge in [-0.1, -0.05) is 25.1 Å². The average molecular weight is 300 g/mol. The molecular formula is C16H20N4S. The highest BCUT2D eigenvalue weighted by molar-refractivity contribution is 8.00. The minimum Gasteiger partial charge on any atom is -0.384 e. The molecule has 1 saturated heterocycles. The van der Waals surface area contributed by atoms with Crippen LogP contribution in [0.5, 0.6) is 0 Å². The molecule has 1 fully saturated rings. The fraction of sp³-hybridized carbons (Fsp3) is 0.375. The van der Waals surface area contributed by atoms with Gasteiger partial charge in [-0.25, -0.2) is 0 Å². The van der Waals surface area contributed by atoms with Crippen LogP contribution in [0.1, 0.15) is 19.4 Å². The number of para-hydroxylation sites is 1. The number of hydrogen-bond acceptors (Lipinski definition) is 4. The first-order valence-corrected chi connectivity index (χ1v) is 8.25. The van der Waals surface area contributed by atoms with E-state index in [0.717, 1.165) is 34.5 Å². The Morgan fingerprint density at radius 1 is 1.38 bits per heavy atom. The maximum atomic E-state index is 7.89. The SMILES string of the molecule is CC1SCCN(c2c(C(=N)N)cnc3ccccc23)C1C. The first kappa shape index (κ1) is 14.2. The lowest BCUT2D eigenvalue weighted by Crippen LogP contribution is -2.45. The Bertz CT molecular complexity index is 685. The number of rotatable bonds is 2. The third-order valence-electron chi connectivity index (χ3n) is 4.21. The molecule has 1 aromatic heterocycles. The van der Waals surface area contributed by atoms with E-state index in [0.29, 0.717) is 11.3 Å². The molecule has 3 N–H and O–H groups in total. The van der Waals surface area contributed by atoms with Gasteiger partial charge in [0, 0.05) is 35.2 Å². The number of nitrogens with two attached hydrogens (primary N) is 1. The van der Waals surface area contributed by atoms with Crippen LogP contribution >= 0.6 is 11.8 Å². The maximum Gasteiger partial charge on any atom is 0.126 e. The van der Waals surface area contributed by atoms with Gasteiger partial charge in [-0.05, 0) is 13.0 Å². The van der Waals surface area contributed by atoms with Crippen molar-refractivity contribution in [3.05, 3.63) is 36.0 Å². The van der Waals surface area contributed by atoms with Crippen LogP contribution in [-0.4, -0.2) is 34.4 Å². The van der Waals surface area contributed by atoms with Crippen LogP contribution in [0.2, 0.25) is 0 Å². The van der Waals surface area contributed by atoms with Gasteiger partial charge < -0.3 is 10.6 Å². The van der Waals surface area contributed by atoms with Crippen molar-refractivity contribution in [2.75, 3.05) is 17.2 Å². The number of anilines is 1. The molecule has 2 unspecified atom stereocenters. The average Bonchev–Trinajstić information content (AvgIpc) is 2.49. The number of benzene rings is 1. The smallest absolute Gasteiger partial charge is 0.126 e. The van der Waals surface area contributed by atoms with E-state index in [1.165, 1.54) is 0 Å². The summed E-state index contributed by atoms with van der Waals surface area (Å²) in [5.74, 6) is 1.18. The van der Waals surface area contributed by atoms with Crippen molar-refractivity contribution in [3.8, 4) is 0 Å². The molecule has 4 nitrogen and oxygen atoms in total. The molecule has 0 saturated carbocycles. The van der Waals surface area contributed by atoms with Gasteiger partial charge in [-0.15, -0.1) is 0 Å². The third kappa shape index (κ3) is 2.46. The summed E-state index contributed by atoms with van der Waals surface area (Å²) in [7, 11) is 0. The van der Waals surface area contributed by atoms with Crippen LogP contribution in [0.3, 0.4) is 0 Å². The van der Waals surface area contributed by atoms with Crippen molar-refractivity contribution >= 4 is 34.2 Å². The second-order valence-corrected chi connectivity index (χ2v) is 6.95. The topological polar surface area (TPSA) is 66.0 Å². The molecule has 21 heavy (non-hydrogen) atoms. The molecule has 0 amide bonds. The molecule has 2 heterocycles. The molecule has 0 bridgehead atoms. The molecule has 0 aliphatic carbocycles. The summed E-state index contributed by atoms with van der Waals surface area (Å²) in [6.07, 6.45) is 1.74. The van der Waals surface area contributed by atoms with E-state index in [4.69, 9.17) is 11.1 Å². The van der Waals surface area contributed by atoms with Crippen LogP contribution in [0.4, 0.5) is 5.69 Å².